The van der Waals surface area contributed by atoms with Crippen LogP contribution in [0, 0.1) is 0 Å². The van der Waals surface area contributed by atoms with Crippen LogP contribution in [-0.2, 0) is 6.54 Å². The van der Waals surface area contributed by atoms with Crippen molar-refractivity contribution in [2.24, 2.45) is 0 Å². The summed E-state index contributed by atoms with van der Waals surface area (Å²) in [6.07, 6.45) is 0. The number of rotatable bonds is 5. The number of hydrogen-bond acceptors (Lipinski definition) is 2. The van der Waals surface area contributed by atoms with E-state index in [9.17, 15) is 0 Å². The zero-order valence-corrected chi connectivity index (χ0v) is 12.1. The van der Waals surface area contributed by atoms with Crippen molar-refractivity contribution in [3.8, 4) is 11.5 Å². The van der Waals surface area contributed by atoms with Crippen molar-refractivity contribution >= 4 is 12.4 Å². The van der Waals surface area contributed by atoms with E-state index in [1.807, 2.05) is 42.5 Å². The van der Waals surface area contributed by atoms with E-state index in [4.69, 9.17) is 4.74 Å². The number of nitrogens with one attached hydrogen (secondary N) is 1. The van der Waals surface area contributed by atoms with Crippen molar-refractivity contribution in [2.45, 2.75) is 26.4 Å². The maximum Gasteiger partial charge on any atom is 0.127 e. The molecule has 1 N–H and O–H groups in total. The van der Waals surface area contributed by atoms with Crippen molar-refractivity contribution in [3.63, 3.8) is 0 Å². The monoisotopic (exact) mass is 277 g/mol. The first-order valence-electron chi connectivity index (χ1n) is 6.29. The molecule has 0 heterocycles. The molecule has 0 aliphatic rings. The van der Waals surface area contributed by atoms with Crippen LogP contribution in [0.5, 0.6) is 11.5 Å². The normalized spacial score (nSPS) is 10.1. The minimum Gasteiger partial charge on any atom is -0.457 e. The van der Waals surface area contributed by atoms with Gasteiger partial charge in [-0.3, -0.25) is 0 Å². The van der Waals surface area contributed by atoms with Gasteiger partial charge in [0, 0.05) is 12.6 Å². The summed E-state index contributed by atoms with van der Waals surface area (Å²) in [5.41, 5.74) is 1.23. The van der Waals surface area contributed by atoms with E-state index in [0.29, 0.717) is 6.04 Å². The Kier molecular flexibility index (Phi) is 6.40. The van der Waals surface area contributed by atoms with Gasteiger partial charge in [0.2, 0.25) is 0 Å². The Hall–Kier alpha value is -1.51. The van der Waals surface area contributed by atoms with Crippen LogP contribution in [-0.4, -0.2) is 6.04 Å². The standard InChI is InChI=1S/C16H19NO.ClH/c1-13(2)17-12-14-7-6-10-16(11-14)18-15-8-4-3-5-9-15;/h3-11,13,17H,12H2,1-2H3;1H. The summed E-state index contributed by atoms with van der Waals surface area (Å²) in [6, 6.07) is 18.5. The van der Waals surface area contributed by atoms with E-state index in [1.165, 1.54) is 5.56 Å². The summed E-state index contributed by atoms with van der Waals surface area (Å²) in [5.74, 6) is 1.75. The Morgan fingerprint density at radius 1 is 0.947 bits per heavy atom. The SMILES string of the molecule is CC(C)NCc1cccc(Oc2ccccc2)c1.Cl. The highest BCUT2D eigenvalue weighted by atomic mass is 35.5. The van der Waals surface area contributed by atoms with E-state index >= 15 is 0 Å². The number of benzene rings is 2. The maximum absolute atomic E-state index is 5.80. The zero-order chi connectivity index (χ0) is 12.8. The van der Waals surface area contributed by atoms with Gasteiger partial charge in [-0.2, -0.15) is 0 Å². The van der Waals surface area contributed by atoms with Crippen LogP contribution < -0.4 is 10.1 Å². The van der Waals surface area contributed by atoms with Gasteiger partial charge >= 0.3 is 0 Å². The van der Waals surface area contributed by atoms with Crippen LogP contribution in [0.1, 0.15) is 19.4 Å². The third-order valence-electron chi connectivity index (χ3n) is 2.59. The minimum absolute atomic E-state index is 0. The van der Waals surface area contributed by atoms with Gasteiger partial charge in [-0.25, -0.2) is 0 Å². The molecule has 2 nitrogen and oxygen atoms in total. The molecule has 0 amide bonds. The Labute approximate surface area is 121 Å². The molecule has 0 aliphatic carbocycles. The highest BCUT2D eigenvalue weighted by Crippen LogP contribution is 2.21. The Morgan fingerprint density at radius 2 is 1.63 bits per heavy atom. The first kappa shape index (κ1) is 15.5. The van der Waals surface area contributed by atoms with E-state index in [2.05, 4.69) is 31.3 Å². The summed E-state index contributed by atoms with van der Waals surface area (Å²) in [7, 11) is 0. The average Bonchev–Trinajstić information content (AvgIpc) is 2.38. The maximum atomic E-state index is 5.80. The molecule has 2 aromatic carbocycles. The van der Waals surface area contributed by atoms with Gasteiger partial charge in [0.05, 0.1) is 0 Å². The van der Waals surface area contributed by atoms with Gasteiger partial charge in [0.25, 0.3) is 0 Å². The van der Waals surface area contributed by atoms with Crippen LogP contribution in [0.3, 0.4) is 0 Å². The van der Waals surface area contributed by atoms with Crippen molar-refractivity contribution in [3.05, 3.63) is 60.2 Å². The van der Waals surface area contributed by atoms with Crippen molar-refractivity contribution in [2.75, 3.05) is 0 Å². The minimum atomic E-state index is 0. The number of para-hydroxylation sites is 1. The molecule has 0 aliphatic heterocycles. The topological polar surface area (TPSA) is 21.3 Å². The number of hydrogen-bond donors (Lipinski definition) is 1. The first-order chi connectivity index (χ1) is 8.74. The van der Waals surface area contributed by atoms with Gasteiger partial charge in [-0.1, -0.05) is 44.2 Å². The summed E-state index contributed by atoms with van der Waals surface area (Å²) in [5, 5.41) is 3.40. The van der Waals surface area contributed by atoms with Gasteiger partial charge in [0.1, 0.15) is 11.5 Å². The highest BCUT2D eigenvalue weighted by molar-refractivity contribution is 5.85. The summed E-state index contributed by atoms with van der Waals surface area (Å²) >= 11 is 0. The molecule has 0 fully saturated rings. The third kappa shape index (κ3) is 5.33. The molecule has 2 aromatic rings. The number of halogens is 1. The lowest BCUT2D eigenvalue weighted by molar-refractivity contribution is 0.481. The van der Waals surface area contributed by atoms with Crippen LogP contribution in [0.4, 0.5) is 0 Å². The van der Waals surface area contributed by atoms with Crippen LogP contribution in [0.2, 0.25) is 0 Å². The fourth-order valence-corrected chi connectivity index (χ4v) is 1.67. The van der Waals surface area contributed by atoms with E-state index < -0.39 is 0 Å². The molecule has 3 heteroatoms. The average molecular weight is 278 g/mol. The van der Waals surface area contributed by atoms with Crippen LogP contribution >= 0.6 is 12.4 Å². The fraction of sp³-hybridized carbons (Fsp3) is 0.250. The predicted octanol–water partition coefficient (Wildman–Crippen LogP) is 4.40. The summed E-state index contributed by atoms with van der Waals surface area (Å²) in [6.45, 7) is 5.15. The summed E-state index contributed by atoms with van der Waals surface area (Å²) in [4.78, 5) is 0. The van der Waals surface area contributed by atoms with Gasteiger partial charge in [-0.15, -0.1) is 12.4 Å². The van der Waals surface area contributed by atoms with E-state index in [1.54, 1.807) is 0 Å². The van der Waals surface area contributed by atoms with Gasteiger partial charge in [0.15, 0.2) is 0 Å². The Balaban J connectivity index is 0.00000180. The lowest BCUT2D eigenvalue weighted by Crippen LogP contribution is -2.21. The molecular weight excluding hydrogens is 258 g/mol. The second kappa shape index (κ2) is 7.82. The molecule has 0 bridgehead atoms. The van der Waals surface area contributed by atoms with Crippen LogP contribution in [0.15, 0.2) is 54.6 Å². The van der Waals surface area contributed by atoms with Crippen molar-refractivity contribution < 1.29 is 4.74 Å². The van der Waals surface area contributed by atoms with Crippen molar-refractivity contribution in [1.29, 1.82) is 0 Å². The Bertz CT molecular complexity index is 485. The lowest BCUT2D eigenvalue weighted by Gasteiger charge is -2.10. The molecule has 2 rings (SSSR count). The zero-order valence-electron chi connectivity index (χ0n) is 11.3. The second-order valence-electron chi connectivity index (χ2n) is 4.60. The highest BCUT2D eigenvalue weighted by Gasteiger charge is 1.99. The molecule has 102 valence electrons. The van der Waals surface area contributed by atoms with Gasteiger partial charge < -0.3 is 10.1 Å². The predicted molar refractivity (Wildman–Crippen MR) is 82.2 cm³/mol. The quantitative estimate of drug-likeness (QED) is 0.875. The summed E-state index contributed by atoms with van der Waals surface area (Å²) < 4.78 is 5.80. The first-order valence-corrected chi connectivity index (χ1v) is 6.29. The molecule has 0 spiro atoms. The van der Waals surface area contributed by atoms with Crippen molar-refractivity contribution in [1.82, 2.24) is 5.32 Å². The van der Waals surface area contributed by atoms with E-state index in [-0.39, 0.29) is 12.4 Å². The molecular formula is C16H20ClNO. The van der Waals surface area contributed by atoms with Gasteiger partial charge in [-0.05, 0) is 29.8 Å². The largest absolute Gasteiger partial charge is 0.457 e. The molecule has 19 heavy (non-hydrogen) atoms. The third-order valence-corrected chi connectivity index (χ3v) is 2.59. The molecule has 0 saturated heterocycles. The molecule has 0 aromatic heterocycles. The lowest BCUT2D eigenvalue weighted by atomic mass is 10.2. The number of ether oxygens (including phenoxy) is 1. The van der Waals surface area contributed by atoms with E-state index in [0.717, 1.165) is 18.0 Å². The molecule has 0 saturated carbocycles. The molecule has 0 radical (unpaired) electrons. The Morgan fingerprint density at radius 3 is 2.32 bits per heavy atom. The second-order valence-corrected chi connectivity index (χ2v) is 4.60. The van der Waals surface area contributed by atoms with Crippen LogP contribution in [0.25, 0.3) is 0 Å². The fourth-order valence-electron chi connectivity index (χ4n) is 1.67. The molecule has 0 unspecified atom stereocenters. The smallest absolute Gasteiger partial charge is 0.127 e. The molecule has 0 atom stereocenters.